The summed E-state index contributed by atoms with van der Waals surface area (Å²) in [5.41, 5.74) is 6.60. The highest BCUT2D eigenvalue weighted by molar-refractivity contribution is 9.10. The standard InChI is InChI=1S/C21H23BrN4O4/c22-17-4-2-1-3-16(17)21(28)24-23-20(27)13-26-9-7-25(8-10-26)12-15-5-6-18-19(11-15)30-14-29-18/h1-6,11H,7-10,12-14H2,(H,23,27)(H,24,28). The van der Waals surface area contributed by atoms with Crippen LogP contribution in [0.15, 0.2) is 46.9 Å². The summed E-state index contributed by atoms with van der Waals surface area (Å²) in [4.78, 5) is 28.8. The van der Waals surface area contributed by atoms with Crippen LogP contribution in [0.2, 0.25) is 0 Å². The summed E-state index contributed by atoms with van der Waals surface area (Å²) in [5, 5.41) is 0. The Hall–Kier alpha value is -2.62. The largest absolute Gasteiger partial charge is 0.454 e. The number of hydrazine groups is 1. The molecule has 2 aliphatic heterocycles. The SMILES string of the molecule is O=C(CN1CCN(Cc2ccc3c(c2)OCO3)CC1)NNC(=O)c1ccccc1Br. The summed E-state index contributed by atoms with van der Waals surface area (Å²) < 4.78 is 11.5. The number of ether oxygens (including phenoxy) is 2. The van der Waals surface area contributed by atoms with E-state index in [2.05, 4.69) is 42.6 Å². The lowest BCUT2D eigenvalue weighted by Gasteiger charge is -2.34. The number of piperazine rings is 1. The summed E-state index contributed by atoms with van der Waals surface area (Å²) >= 11 is 3.33. The van der Waals surface area contributed by atoms with E-state index in [-0.39, 0.29) is 25.2 Å². The molecule has 9 heteroatoms. The minimum Gasteiger partial charge on any atom is -0.454 e. The fourth-order valence-corrected chi connectivity index (χ4v) is 3.95. The lowest BCUT2D eigenvalue weighted by molar-refractivity contribution is -0.123. The Bertz CT molecular complexity index is 931. The maximum atomic E-state index is 12.2. The molecule has 1 fully saturated rings. The Morgan fingerprint density at radius 2 is 1.67 bits per heavy atom. The number of halogens is 1. The van der Waals surface area contributed by atoms with Crippen LogP contribution in [-0.2, 0) is 11.3 Å². The Morgan fingerprint density at radius 3 is 2.47 bits per heavy atom. The summed E-state index contributed by atoms with van der Waals surface area (Å²) in [6, 6.07) is 13.1. The molecule has 0 saturated carbocycles. The topological polar surface area (TPSA) is 83.1 Å². The zero-order chi connectivity index (χ0) is 20.9. The average molecular weight is 475 g/mol. The molecule has 0 bridgehead atoms. The Balaban J connectivity index is 1.19. The fourth-order valence-electron chi connectivity index (χ4n) is 3.48. The molecule has 2 N–H and O–H groups in total. The Labute approximate surface area is 183 Å². The van der Waals surface area contributed by atoms with Gasteiger partial charge in [-0.25, -0.2) is 0 Å². The quantitative estimate of drug-likeness (QED) is 0.642. The first-order valence-electron chi connectivity index (χ1n) is 9.75. The van der Waals surface area contributed by atoms with Gasteiger partial charge in [-0.15, -0.1) is 0 Å². The summed E-state index contributed by atoms with van der Waals surface area (Å²) in [5.74, 6) is 0.998. The number of amides is 2. The van der Waals surface area contributed by atoms with Crippen LogP contribution in [0, 0.1) is 0 Å². The van der Waals surface area contributed by atoms with Crippen LogP contribution in [0.25, 0.3) is 0 Å². The van der Waals surface area contributed by atoms with Crippen LogP contribution in [0.1, 0.15) is 15.9 Å². The number of carbonyl (C=O) groups excluding carboxylic acids is 2. The molecule has 30 heavy (non-hydrogen) atoms. The molecule has 0 atom stereocenters. The van der Waals surface area contributed by atoms with Crippen LogP contribution in [0.4, 0.5) is 0 Å². The minimum atomic E-state index is -0.357. The lowest BCUT2D eigenvalue weighted by atomic mass is 10.1. The van der Waals surface area contributed by atoms with Gasteiger partial charge in [0.25, 0.3) is 11.8 Å². The predicted molar refractivity (Wildman–Crippen MR) is 114 cm³/mol. The molecule has 2 aromatic rings. The average Bonchev–Trinajstić information content (AvgIpc) is 3.22. The second kappa shape index (κ2) is 9.46. The van der Waals surface area contributed by atoms with E-state index in [0.717, 1.165) is 44.2 Å². The van der Waals surface area contributed by atoms with Gasteiger partial charge in [0.15, 0.2) is 11.5 Å². The van der Waals surface area contributed by atoms with Gasteiger partial charge in [-0.3, -0.25) is 30.2 Å². The van der Waals surface area contributed by atoms with Crippen molar-refractivity contribution in [1.29, 1.82) is 0 Å². The number of nitrogens with zero attached hydrogens (tertiary/aromatic N) is 2. The monoisotopic (exact) mass is 474 g/mol. The van der Waals surface area contributed by atoms with E-state index in [1.165, 1.54) is 5.56 Å². The van der Waals surface area contributed by atoms with E-state index in [1.54, 1.807) is 18.2 Å². The molecule has 0 spiro atoms. The maximum absolute atomic E-state index is 12.2. The number of fused-ring (bicyclic) bond motifs is 1. The molecule has 0 aliphatic carbocycles. The number of benzene rings is 2. The molecular weight excluding hydrogens is 452 g/mol. The number of hydrogen-bond donors (Lipinski definition) is 2. The molecular formula is C21H23BrN4O4. The highest BCUT2D eigenvalue weighted by Crippen LogP contribution is 2.32. The fraction of sp³-hybridized carbons (Fsp3) is 0.333. The Morgan fingerprint density at radius 1 is 0.933 bits per heavy atom. The van der Waals surface area contributed by atoms with Gasteiger partial charge in [0, 0.05) is 37.2 Å². The van der Waals surface area contributed by atoms with Crippen molar-refractivity contribution in [1.82, 2.24) is 20.7 Å². The number of nitrogens with one attached hydrogen (secondary N) is 2. The third-order valence-electron chi connectivity index (χ3n) is 5.11. The first-order valence-corrected chi connectivity index (χ1v) is 10.5. The first kappa shape index (κ1) is 20.6. The molecule has 0 unspecified atom stereocenters. The summed E-state index contributed by atoms with van der Waals surface area (Å²) in [6.07, 6.45) is 0. The van der Waals surface area contributed by atoms with Crippen molar-refractivity contribution in [2.75, 3.05) is 39.5 Å². The van der Waals surface area contributed by atoms with E-state index in [4.69, 9.17) is 9.47 Å². The van der Waals surface area contributed by atoms with Gasteiger partial charge in [0.1, 0.15) is 0 Å². The van der Waals surface area contributed by atoms with Gasteiger partial charge < -0.3 is 9.47 Å². The lowest BCUT2D eigenvalue weighted by Crippen LogP contribution is -2.51. The zero-order valence-electron chi connectivity index (χ0n) is 16.4. The zero-order valence-corrected chi connectivity index (χ0v) is 18.0. The number of rotatable bonds is 5. The van der Waals surface area contributed by atoms with Gasteiger partial charge in [-0.1, -0.05) is 18.2 Å². The molecule has 4 rings (SSSR count). The van der Waals surface area contributed by atoms with Crippen molar-refractivity contribution >= 4 is 27.7 Å². The number of carbonyl (C=O) groups is 2. The second-order valence-corrected chi connectivity index (χ2v) is 8.08. The molecule has 0 radical (unpaired) electrons. The van der Waals surface area contributed by atoms with Crippen LogP contribution in [0.5, 0.6) is 11.5 Å². The van der Waals surface area contributed by atoms with E-state index < -0.39 is 0 Å². The molecule has 1 saturated heterocycles. The van der Waals surface area contributed by atoms with E-state index in [9.17, 15) is 9.59 Å². The van der Waals surface area contributed by atoms with E-state index in [1.807, 2.05) is 18.2 Å². The second-order valence-electron chi connectivity index (χ2n) is 7.22. The normalized spacial score (nSPS) is 16.3. The third-order valence-corrected chi connectivity index (χ3v) is 5.80. The van der Waals surface area contributed by atoms with Crippen molar-refractivity contribution in [3.63, 3.8) is 0 Å². The van der Waals surface area contributed by atoms with Crippen molar-refractivity contribution in [3.8, 4) is 11.5 Å². The molecule has 2 heterocycles. The highest BCUT2D eigenvalue weighted by Gasteiger charge is 2.21. The van der Waals surface area contributed by atoms with Crippen molar-refractivity contribution in [2.24, 2.45) is 0 Å². The van der Waals surface area contributed by atoms with Gasteiger partial charge in [0.2, 0.25) is 6.79 Å². The highest BCUT2D eigenvalue weighted by atomic mass is 79.9. The minimum absolute atomic E-state index is 0.236. The molecule has 0 aromatic heterocycles. The molecule has 8 nitrogen and oxygen atoms in total. The molecule has 158 valence electrons. The van der Waals surface area contributed by atoms with Crippen LogP contribution >= 0.6 is 15.9 Å². The van der Waals surface area contributed by atoms with Gasteiger partial charge in [-0.2, -0.15) is 0 Å². The van der Waals surface area contributed by atoms with Gasteiger partial charge >= 0.3 is 0 Å². The maximum Gasteiger partial charge on any atom is 0.270 e. The first-order chi connectivity index (χ1) is 14.6. The smallest absolute Gasteiger partial charge is 0.270 e. The molecule has 2 aliphatic rings. The third kappa shape index (κ3) is 5.10. The predicted octanol–water partition coefficient (Wildman–Crippen LogP) is 1.76. The molecule has 2 amide bonds. The van der Waals surface area contributed by atoms with Gasteiger partial charge in [0.05, 0.1) is 12.1 Å². The number of hydrogen-bond acceptors (Lipinski definition) is 6. The van der Waals surface area contributed by atoms with Crippen molar-refractivity contribution < 1.29 is 19.1 Å². The van der Waals surface area contributed by atoms with Crippen LogP contribution in [-0.4, -0.2) is 61.1 Å². The van der Waals surface area contributed by atoms with E-state index >= 15 is 0 Å². The molecule has 2 aromatic carbocycles. The Kier molecular flexibility index (Phi) is 6.51. The van der Waals surface area contributed by atoms with E-state index in [0.29, 0.717) is 10.0 Å². The summed E-state index contributed by atoms with van der Waals surface area (Å²) in [7, 11) is 0. The van der Waals surface area contributed by atoms with Crippen LogP contribution < -0.4 is 20.3 Å². The van der Waals surface area contributed by atoms with Crippen LogP contribution in [0.3, 0.4) is 0 Å². The van der Waals surface area contributed by atoms with Crippen molar-refractivity contribution in [2.45, 2.75) is 6.54 Å². The van der Waals surface area contributed by atoms with Crippen molar-refractivity contribution in [3.05, 3.63) is 58.1 Å². The van der Waals surface area contributed by atoms with Gasteiger partial charge in [-0.05, 0) is 45.8 Å². The summed E-state index contributed by atoms with van der Waals surface area (Å²) in [6.45, 7) is 4.66.